The first-order valence-corrected chi connectivity index (χ1v) is 10.4. The van der Waals surface area contributed by atoms with Crippen LogP contribution in [0.4, 0.5) is 4.39 Å². The van der Waals surface area contributed by atoms with Crippen LogP contribution in [0.15, 0.2) is 59.0 Å². The minimum absolute atomic E-state index is 0.00265. The Balaban J connectivity index is 1.39. The van der Waals surface area contributed by atoms with Crippen molar-refractivity contribution in [2.45, 2.75) is 25.6 Å². The third kappa shape index (κ3) is 5.17. The summed E-state index contributed by atoms with van der Waals surface area (Å²) >= 11 is 0. The summed E-state index contributed by atoms with van der Waals surface area (Å²) in [5, 5.41) is 10.9. The Labute approximate surface area is 185 Å². The van der Waals surface area contributed by atoms with Crippen molar-refractivity contribution in [3.63, 3.8) is 0 Å². The van der Waals surface area contributed by atoms with Gasteiger partial charge in [-0.3, -0.25) is 14.5 Å². The number of piperazine rings is 1. The molecule has 3 aromatic rings. The number of halogens is 1. The third-order valence-corrected chi connectivity index (χ3v) is 5.37. The summed E-state index contributed by atoms with van der Waals surface area (Å²) < 4.78 is 19.2. The molecule has 1 fully saturated rings. The monoisotopic (exact) mass is 437 g/mol. The van der Waals surface area contributed by atoms with Crippen LogP contribution in [0.5, 0.6) is 0 Å². The lowest BCUT2D eigenvalue weighted by Gasteiger charge is -2.35. The van der Waals surface area contributed by atoms with E-state index in [1.165, 1.54) is 17.0 Å². The average Bonchev–Trinajstić information content (AvgIpc) is 3.25. The topological polar surface area (TPSA) is 91.6 Å². The highest BCUT2D eigenvalue weighted by atomic mass is 19.1. The van der Waals surface area contributed by atoms with Crippen LogP contribution in [0.1, 0.15) is 17.9 Å². The van der Waals surface area contributed by atoms with E-state index >= 15 is 0 Å². The van der Waals surface area contributed by atoms with E-state index in [0.29, 0.717) is 31.4 Å². The lowest BCUT2D eigenvalue weighted by Crippen LogP contribution is -2.56. The average molecular weight is 437 g/mol. The molecule has 1 aliphatic rings. The zero-order chi connectivity index (χ0) is 22.5. The van der Waals surface area contributed by atoms with Crippen LogP contribution in [-0.4, -0.2) is 58.0 Å². The van der Waals surface area contributed by atoms with Crippen LogP contribution in [0.3, 0.4) is 0 Å². The maximum atomic E-state index is 13.5. The van der Waals surface area contributed by atoms with Gasteiger partial charge in [-0.05, 0) is 29.8 Å². The van der Waals surface area contributed by atoms with Gasteiger partial charge >= 0.3 is 0 Å². The normalized spacial score (nSPS) is 16.6. The van der Waals surface area contributed by atoms with Gasteiger partial charge < -0.3 is 14.6 Å². The number of nitrogens with zero attached hydrogens (tertiary/aromatic N) is 4. The van der Waals surface area contributed by atoms with E-state index in [-0.39, 0.29) is 30.6 Å². The van der Waals surface area contributed by atoms with Gasteiger partial charge in [0, 0.05) is 32.2 Å². The van der Waals surface area contributed by atoms with Gasteiger partial charge in [0.1, 0.15) is 5.82 Å². The molecular formula is C23H24FN5O3. The standard InChI is InChI=1S/C23H24FN5O3/c1-28(15-20-26-27-23(32-20)17-7-3-2-4-8-17)21(30)13-19-22(31)25-10-11-29(19)14-16-6-5-9-18(24)12-16/h2-9,12,19H,10-11,13-15H2,1H3,(H,25,31). The fourth-order valence-electron chi connectivity index (χ4n) is 3.67. The van der Waals surface area contributed by atoms with Crippen molar-refractivity contribution in [2.24, 2.45) is 0 Å². The zero-order valence-corrected chi connectivity index (χ0v) is 17.7. The second-order valence-corrected chi connectivity index (χ2v) is 7.73. The molecule has 0 radical (unpaired) electrons. The van der Waals surface area contributed by atoms with Crippen molar-refractivity contribution in [1.29, 1.82) is 0 Å². The number of amides is 2. The Hall–Kier alpha value is -3.59. The predicted octanol–water partition coefficient (Wildman–Crippen LogP) is 2.22. The van der Waals surface area contributed by atoms with E-state index in [1.54, 1.807) is 19.2 Å². The van der Waals surface area contributed by atoms with Crippen LogP contribution >= 0.6 is 0 Å². The van der Waals surface area contributed by atoms with Crippen molar-refractivity contribution in [1.82, 2.24) is 25.3 Å². The molecule has 0 aliphatic carbocycles. The smallest absolute Gasteiger partial charge is 0.247 e. The maximum absolute atomic E-state index is 13.5. The van der Waals surface area contributed by atoms with Gasteiger partial charge in [0.25, 0.3) is 0 Å². The summed E-state index contributed by atoms with van der Waals surface area (Å²) in [7, 11) is 1.63. The van der Waals surface area contributed by atoms with Gasteiger partial charge in [0.05, 0.1) is 19.0 Å². The Morgan fingerprint density at radius 3 is 2.81 bits per heavy atom. The molecule has 2 amide bonds. The van der Waals surface area contributed by atoms with Crippen LogP contribution in [-0.2, 0) is 22.7 Å². The minimum Gasteiger partial charge on any atom is -0.419 e. The molecular weight excluding hydrogens is 413 g/mol. The minimum atomic E-state index is -0.635. The molecule has 4 rings (SSSR count). The summed E-state index contributed by atoms with van der Waals surface area (Å²) in [6.45, 7) is 1.58. The molecule has 166 valence electrons. The number of hydrogen-bond acceptors (Lipinski definition) is 6. The SMILES string of the molecule is CN(Cc1nnc(-c2ccccc2)o1)C(=O)CC1C(=O)NCCN1Cc1cccc(F)c1. The maximum Gasteiger partial charge on any atom is 0.247 e. The summed E-state index contributed by atoms with van der Waals surface area (Å²) in [5.41, 5.74) is 1.55. The van der Waals surface area contributed by atoms with Gasteiger partial charge in [-0.25, -0.2) is 4.39 Å². The Kier molecular flexibility index (Phi) is 6.55. The number of hydrogen-bond donors (Lipinski definition) is 1. The first-order valence-electron chi connectivity index (χ1n) is 10.4. The summed E-state index contributed by atoms with van der Waals surface area (Å²) in [6.07, 6.45) is -0.00265. The number of benzene rings is 2. The molecule has 1 unspecified atom stereocenters. The second-order valence-electron chi connectivity index (χ2n) is 7.73. The second kappa shape index (κ2) is 9.69. The van der Waals surface area contributed by atoms with Crippen LogP contribution in [0.25, 0.3) is 11.5 Å². The number of carbonyl (C=O) groups is 2. The third-order valence-electron chi connectivity index (χ3n) is 5.37. The van der Waals surface area contributed by atoms with Gasteiger partial charge in [-0.15, -0.1) is 10.2 Å². The first-order chi connectivity index (χ1) is 15.5. The van der Waals surface area contributed by atoms with E-state index in [1.807, 2.05) is 35.2 Å². The van der Waals surface area contributed by atoms with E-state index in [0.717, 1.165) is 11.1 Å². The Morgan fingerprint density at radius 2 is 2.03 bits per heavy atom. The van der Waals surface area contributed by atoms with Crippen molar-refractivity contribution >= 4 is 11.8 Å². The number of nitrogens with one attached hydrogen (secondary N) is 1. The van der Waals surface area contributed by atoms with E-state index in [4.69, 9.17) is 4.42 Å². The zero-order valence-electron chi connectivity index (χ0n) is 17.7. The Morgan fingerprint density at radius 1 is 1.22 bits per heavy atom. The van der Waals surface area contributed by atoms with Crippen molar-refractivity contribution in [3.05, 3.63) is 71.9 Å². The summed E-state index contributed by atoms with van der Waals surface area (Å²) in [4.78, 5) is 28.7. The molecule has 0 spiro atoms. The molecule has 32 heavy (non-hydrogen) atoms. The number of carbonyl (C=O) groups excluding carboxylic acids is 2. The molecule has 1 aliphatic heterocycles. The molecule has 1 aromatic heterocycles. The lowest BCUT2D eigenvalue weighted by molar-refractivity contribution is -0.138. The van der Waals surface area contributed by atoms with Crippen LogP contribution < -0.4 is 5.32 Å². The molecule has 0 saturated carbocycles. The quantitative estimate of drug-likeness (QED) is 0.610. The molecule has 1 saturated heterocycles. The largest absolute Gasteiger partial charge is 0.419 e. The van der Waals surface area contributed by atoms with Crippen molar-refractivity contribution in [2.75, 3.05) is 20.1 Å². The van der Waals surface area contributed by atoms with Crippen LogP contribution in [0, 0.1) is 5.82 Å². The molecule has 8 nitrogen and oxygen atoms in total. The molecule has 1 atom stereocenters. The van der Waals surface area contributed by atoms with Gasteiger partial charge in [-0.2, -0.15) is 0 Å². The highest BCUT2D eigenvalue weighted by molar-refractivity contribution is 5.88. The summed E-state index contributed by atoms with van der Waals surface area (Å²) in [5.74, 6) is -0.0705. The Bertz CT molecular complexity index is 1090. The van der Waals surface area contributed by atoms with E-state index in [2.05, 4.69) is 15.5 Å². The molecule has 2 heterocycles. The fraction of sp³-hybridized carbons (Fsp3) is 0.304. The molecule has 2 aromatic carbocycles. The number of rotatable bonds is 7. The van der Waals surface area contributed by atoms with Gasteiger partial charge in [0.2, 0.25) is 23.6 Å². The van der Waals surface area contributed by atoms with E-state index < -0.39 is 6.04 Å². The van der Waals surface area contributed by atoms with Crippen molar-refractivity contribution in [3.8, 4) is 11.5 Å². The molecule has 1 N–H and O–H groups in total. The summed E-state index contributed by atoms with van der Waals surface area (Å²) in [6, 6.07) is 15.0. The van der Waals surface area contributed by atoms with Crippen LogP contribution in [0.2, 0.25) is 0 Å². The van der Waals surface area contributed by atoms with Crippen molar-refractivity contribution < 1.29 is 18.4 Å². The first kappa shape index (κ1) is 21.6. The fourth-order valence-corrected chi connectivity index (χ4v) is 3.67. The molecule has 0 bridgehead atoms. The van der Waals surface area contributed by atoms with Gasteiger partial charge in [-0.1, -0.05) is 30.3 Å². The number of aromatic nitrogens is 2. The molecule has 9 heteroatoms. The predicted molar refractivity (Wildman–Crippen MR) is 114 cm³/mol. The lowest BCUT2D eigenvalue weighted by atomic mass is 10.1. The highest BCUT2D eigenvalue weighted by Crippen LogP contribution is 2.19. The highest BCUT2D eigenvalue weighted by Gasteiger charge is 2.32. The van der Waals surface area contributed by atoms with Gasteiger partial charge in [0.15, 0.2) is 0 Å². The van der Waals surface area contributed by atoms with E-state index in [9.17, 15) is 14.0 Å².